The van der Waals surface area contributed by atoms with E-state index in [0.29, 0.717) is 29.3 Å². The number of aromatic nitrogens is 4. The quantitative estimate of drug-likeness (QED) is 0.304. The van der Waals surface area contributed by atoms with E-state index < -0.39 is 5.97 Å². The van der Waals surface area contributed by atoms with Gasteiger partial charge in [-0.3, -0.25) is 4.98 Å². The number of para-hydroxylation sites is 1. The van der Waals surface area contributed by atoms with E-state index in [1.54, 1.807) is 25.4 Å². The first-order valence-electron chi connectivity index (χ1n) is 11.8. The molecule has 0 atom stereocenters. The highest BCUT2D eigenvalue weighted by Gasteiger charge is 2.27. The van der Waals surface area contributed by atoms with Crippen LogP contribution in [0.2, 0.25) is 0 Å². The Labute approximate surface area is 202 Å². The van der Waals surface area contributed by atoms with Crippen molar-refractivity contribution in [1.29, 1.82) is 0 Å². The van der Waals surface area contributed by atoms with Gasteiger partial charge in [-0.05, 0) is 54.7 Å². The Bertz CT molecular complexity index is 1550. The van der Waals surface area contributed by atoms with Crippen molar-refractivity contribution in [2.45, 2.75) is 25.9 Å². The molecular formula is C28H26N4O3. The van der Waals surface area contributed by atoms with Gasteiger partial charge in [-0.25, -0.2) is 9.78 Å². The zero-order valence-corrected chi connectivity index (χ0v) is 19.8. The van der Waals surface area contributed by atoms with Crippen LogP contribution in [0.5, 0.6) is 5.75 Å². The number of pyridine rings is 1. The van der Waals surface area contributed by atoms with Crippen molar-refractivity contribution >= 4 is 27.9 Å². The van der Waals surface area contributed by atoms with Crippen molar-refractivity contribution in [3.8, 4) is 17.3 Å². The number of methoxy groups -OCH3 is 2. The number of ether oxygens (including phenoxy) is 2. The number of benzene rings is 2. The van der Waals surface area contributed by atoms with Crippen LogP contribution in [-0.2, 0) is 17.8 Å². The average molecular weight is 467 g/mol. The van der Waals surface area contributed by atoms with Crippen LogP contribution in [0.1, 0.15) is 28.8 Å². The molecule has 3 heterocycles. The maximum absolute atomic E-state index is 12.4. The summed E-state index contributed by atoms with van der Waals surface area (Å²) < 4.78 is 15.3. The first-order chi connectivity index (χ1) is 17.2. The molecule has 7 heteroatoms. The summed E-state index contributed by atoms with van der Waals surface area (Å²) in [5.74, 6) is 1.69. The number of rotatable bonds is 7. The molecule has 1 fully saturated rings. The van der Waals surface area contributed by atoms with E-state index in [9.17, 15) is 4.79 Å². The molecule has 0 N–H and O–H groups in total. The molecule has 2 aromatic carbocycles. The van der Waals surface area contributed by atoms with Gasteiger partial charge in [0.25, 0.3) is 0 Å². The molecule has 0 aliphatic heterocycles. The largest absolute Gasteiger partial charge is 0.494 e. The van der Waals surface area contributed by atoms with Crippen LogP contribution in [0.4, 0.5) is 0 Å². The molecule has 3 aromatic heterocycles. The third-order valence-corrected chi connectivity index (χ3v) is 6.69. The number of esters is 1. The summed E-state index contributed by atoms with van der Waals surface area (Å²) in [6.45, 7) is 1.53. The fourth-order valence-electron chi connectivity index (χ4n) is 4.80. The second kappa shape index (κ2) is 8.58. The lowest BCUT2D eigenvalue weighted by molar-refractivity contribution is 0.0600. The van der Waals surface area contributed by atoms with E-state index in [-0.39, 0.29) is 0 Å². The number of hydrogen-bond acceptors (Lipinski definition) is 5. The molecule has 0 unspecified atom stereocenters. The van der Waals surface area contributed by atoms with Crippen LogP contribution in [0.3, 0.4) is 0 Å². The third kappa shape index (κ3) is 3.83. The summed E-state index contributed by atoms with van der Waals surface area (Å²) in [5, 5.41) is 1.19. The summed E-state index contributed by atoms with van der Waals surface area (Å²) in [6, 6.07) is 18.2. The van der Waals surface area contributed by atoms with E-state index in [0.717, 1.165) is 29.1 Å². The second-order valence-corrected chi connectivity index (χ2v) is 9.06. The van der Waals surface area contributed by atoms with Gasteiger partial charge in [-0.15, -0.1) is 0 Å². The fourth-order valence-corrected chi connectivity index (χ4v) is 4.80. The molecule has 1 saturated carbocycles. The summed E-state index contributed by atoms with van der Waals surface area (Å²) >= 11 is 0. The van der Waals surface area contributed by atoms with Crippen molar-refractivity contribution in [3.05, 3.63) is 78.1 Å². The zero-order valence-electron chi connectivity index (χ0n) is 19.8. The topological polar surface area (TPSA) is 71.2 Å². The van der Waals surface area contributed by atoms with Gasteiger partial charge in [-0.1, -0.05) is 24.3 Å². The molecular weight excluding hydrogens is 440 g/mol. The molecule has 0 saturated heterocycles. The second-order valence-electron chi connectivity index (χ2n) is 9.06. The maximum atomic E-state index is 12.4. The number of carbonyl (C=O) groups is 1. The molecule has 0 bridgehead atoms. The molecule has 0 spiro atoms. The minimum Gasteiger partial charge on any atom is -0.494 e. The van der Waals surface area contributed by atoms with Crippen LogP contribution in [0.25, 0.3) is 33.5 Å². The first-order valence-corrected chi connectivity index (χ1v) is 11.8. The normalized spacial score (nSPS) is 13.4. The Kier molecular flexibility index (Phi) is 5.25. The number of carbonyl (C=O) groups excluding carboxylic acids is 1. The Morgan fingerprint density at radius 2 is 1.91 bits per heavy atom. The number of imidazole rings is 1. The zero-order chi connectivity index (χ0) is 23.9. The molecule has 6 rings (SSSR count). The lowest BCUT2D eigenvalue weighted by Gasteiger charge is -2.14. The van der Waals surface area contributed by atoms with Crippen molar-refractivity contribution < 1.29 is 14.3 Å². The highest BCUT2D eigenvalue weighted by atomic mass is 16.5. The molecule has 1 aliphatic carbocycles. The summed E-state index contributed by atoms with van der Waals surface area (Å²) in [7, 11) is 2.99. The summed E-state index contributed by atoms with van der Waals surface area (Å²) in [5.41, 5.74) is 5.25. The van der Waals surface area contributed by atoms with E-state index in [1.807, 2.05) is 12.3 Å². The summed E-state index contributed by atoms with van der Waals surface area (Å²) in [4.78, 5) is 21.7. The number of nitrogens with zero attached hydrogens (tertiary/aromatic N) is 4. The van der Waals surface area contributed by atoms with Gasteiger partial charge < -0.3 is 18.6 Å². The predicted molar refractivity (Wildman–Crippen MR) is 135 cm³/mol. The minimum absolute atomic E-state index is 0.410. The van der Waals surface area contributed by atoms with E-state index >= 15 is 0 Å². The molecule has 0 radical (unpaired) electrons. The Hall–Kier alpha value is -4.13. The van der Waals surface area contributed by atoms with Crippen molar-refractivity contribution in [2.75, 3.05) is 14.2 Å². The SMILES string of the molecule is COC(=O)c1cc(OC)c2c(c1)nc(-c1cc3ccccc3n1CC1CC1)n2Cc1cccnc1. The highest BCUT2D eigenvalue weighted by Crippen LogP contribution is 2.38. The maximum Gasteiger partial charge on any atom is 0.338 e. The van der Waals surface area contributed by atoms with E-state index in [2.05, 4.69) is 50.5 Å². The molecule has 176 valence electrons. The average Bonchev–Trinajstić information content (AvgIpc) is 3.55. The standard InChI is InChI=1S/C28H26N4O3/c1-34-25-14-21(28(33)35-2)12-22-26(25)32(17-19-6-5-11-29-15-19)27(30-22)24-13-20-7-3-4-8-23(20)31(24)16-18-9-10-18/h3-8,11-15,18H,9-10,16-17H2,1-2H3. The highest BCUT2D eigenvalue weighted by molar-refractivity contribution is 5.97. The smallest absolute Gasteiger partial charge is 0.338 e. The van der Waals surface area contributed by atoms with E-state index in [4.69, 9.17) is 14.5 Å². The van der Waals surface area contributed by atoms with Gasteiger partial charge in [0.05, 0.1) is 37.5 Å². The Balaban J connectivity index is 1.63. The molecule has 7 nitrogen and oxygen atoms in total. The lowest BCUT2D eigenvalue weighted by Crippen LogP contribution is -2.08. The Morgan fingerprint density at radius 3 is 2.66 bits per heavy atom. The van der Waals surface area contributed by atoms with Gasteiger partial charge in [0.1, 0.15) is 11.3 Å². The van der Waals surface area contributed by atoms with Gasteiger partial charge in [-0.2, -0.15) is 0 Å². The van der Waals surface area contributed by atoms with Crippen LogP contribution in [0, 0.1) is 5.92 Å². The van der Waals surface area contributed by atoms with Crippen molar-refractivity contribution in [2.24, 2.45) is 5.92 Å². The van der Waals surface area contributed by atoms with Crippen molar-refractivity contribution in [1.82, 2.24) is 19.1 Å². The monoisotopic (exact) mass is 466 g/mol. The number of hydrogen-bond donors (Lipinski definition) is 0. The van der Waals surface area contributed by atoms with Gasteiger partial charge in [0.2, 0.25) is 0 Å². The van der Waals surface area contributed by atoms with Gasteiger partial charge in [0, 0.05) is 29.8 Å². The number of fused-ring (bicyclic) bond motifs is 2. The summed E-state index contributed by atoms with van der Waals surface area (Å²) in [6.07, 6.45) is 6.15. The predicted octanol–water partition coefficient (Wildman–Crippen LogP) is 5.31. The van der Waals surface area contributed by atoms with Crippen LogP contribution >= 0.6 is 0 Å². The van der Waals surface area contributed by atoms with Gasteiger partial charge >= 0.3 is 5.97 Å². The molecule has 35 heavy (non-hydrogen) atoms. The van der Waals surface area contributed by atoms with Crippen molar-refractivity contribution in [3.63, 3.8) is 0 Å². The Morgan fingerprint density at radius 1 is 1.06 bits per heavy atom. The third-order valence-electron chi connectivity index (χ3n) is 6.69. The molecule has 0 amide bonds. The minimum atomic E-state index is -0.420. The fraction of sp³-hybridized carbons (Fsp3) is 0.250. The van der Waals surface area contributed by atoms with Crippen LogP contribution in [-0.4, -0.2) is 39.3 Å². The van der Waals surface area contributed by atoms with Crippen LogP contribution < -0.4 is 4.74 Å². The van der Waals surface area contributed by atoms with Gasteiger partial charge in [0.15, 0.2) is 5.82 Å². The first kappa shape index (κ1) is 21.4. The van der Waals surface area contributed by atoms with E-state index in [1.165, 1.54) is 30.9 Å². The molecule has 5 aromatic rings. The van der Waals surface area contributed by atoms with Crippen LogP contribution in [0.15, 0.2) is 67.0 Å². The molecule has 1 aliphatic rings. The lowest BCUT2D eigenvalue weighted by atomic mass is 10.1.